The van der Waals surface area contributed by atoms with E-state index in [1.54, 1.807) is 11.4 Å². The normalized spacial score (nSPS) is 22.2. The number of carbonyl (C=O) groups excluding carboxylic acids is 5. The SMILES string of the molecule is C=CCNC(=O)C(=O)C(CCCC)NC(=O)[C@@H]1[C@@H](C(C)C)CCN1C(=O)[C@@H](NC(=O)NC1(CN2Cc3sccc3S2(=O)=O)CCCCC1)C(C)(C)C. The summed E-state index contributed by atoms with van der Waals surface area (Å²) in [7, 11) is -3.68. The van der Waals surface area contributed by atoms with Crippen LogP contribution in [0.4, 0.5) is 4.79 Å². The van der Waals surface area contributed by atoms with Crippen molar-refractivity contribution in [3.05, 3.63) is 29.0 Å². The van der Waals surface area contributed by atoms with E-state index in [0.29, 0.717) is 30.6 Å². The van der Waals surface area contributed by atoms with Gasteiger partial charge in [-0.3, -0.25) is 19.2 Å². The maximum Gasteiger partial charge on any atom is 0.315 e. The summed E-state index contributed by atoms with van der Waals surface area (Å²) in [6, 6.07) is -1.94. The van der Waals surface area contributed by atoms with E-state index < -0.39 is 68.6 Å². The van der Waals surface area contributed by atoms with Gasteiger partial charge in [0.1, 0.15) is 12.1 Å². The Morgan fingerprint density at radius 3 is 2.38 bits per heavy atom. The molecule has 4 N–H and O–H groups in total. The summed E-state index contributed by atoms with van der Waals surface area (Å²) < 4.78 is 28.2. The maximum atomic E-state index is 14.5. The van der Waals surface area contributed by atoms with Gasteiger partial charge in [-0.05, 0) is 54.4 Å². The molecule has 1 aliphatic carbocycles. The lowest BCUT2D eigenvalue weighted by atomic mass is 9.81. The summed E-state index contributed by atoms with van der Waals surface area (Å²) in [5, 5.41) is 13.1. The Morgan fingerprint density at radius 2 is 1.79 bits per heavy atom. The van der Waals surface area contributed by atoms with Crippen molar-refractivity contribution in [2.75, 3.05) is 19.6 Å². The van der Waals surface area contributed by atoms with Gasteiger partial charge in [0, 0.05) is 31.1 Å². The Balaban J connectivity index is 1.54. The van der Waals surface area contributed by atoms with Crippen molar-refractivity contribution in [1.82, 2.24) is 30.5 Å². The number of nitrogens with one attached hydrogen (secondary N) is 4. The molecule has 4 rings (SSSR count). The molecule has 3 aliphatic rings. The van der Waals surface area contributed by atoms with Crippen molar-refractivity contribution >= 4 is 50.9 Å². The lowest BCUT2D eigenvalue weighted by Crippen LogP contribution is -2.64. The Bertz CT molecular complexity index is 1590. The zero-order chi connectivity index (χ0) is 38.4. The van der Waals surface area contributed by atoms with Crippen molar-refractivity contribution in [1.29, 1.82) is 0 Å². The van der Waals surface area contributed by atoms with Gasteiger partial charge in [0.15, 0.2) is 0 Å². The van der Waals surface area contributed by atoms with E-state index in [2.05, 4.69) is 27.8 Å². The van der Waals surface area contributed by atoms with Crippen LogP contribution < -0.4 is 21.3 Å². The molecule has 13 nitrogen and oxygen atoms in total. The summed E-state index contributed by atoms with van der Waals surface area (Å²) in [6.45, 7) is 15.8. The minimum atomic E-state index is -3.68. The number of thiophene rings is 1. The maximum absolute atomic E-state index is 14.5. The predicted molar refractivity (Wildman–Crippen MR) is 201 cm³/mol. The molecule has 5 amide bonds. The molecule has 1 aromatic heterocycles. The number of ketones is 1. The lowest BCUT2D eigenvalue weighted by Gasteiger charge is -2.41. The summed E-state index contributed by atoms with van der Waals surface area (Å²) in [5.74, 6) is -2.68. The van der Waals surface area contributed by atoms with Crippen LogP contribution in [0.5, 0.6) is 0 Å². The van der Waals surface area contributed by atoms with Gasteiger partial charge >= 0.3 is 6.03 Å². The molecule has 52 heavy (non-hydrogen) atoms. The number of urea groups is 1. The molecule has 0 bridgehead atoms. The Morgan fingerprint density at radius 1 is 1.10 bits per heavy atom. The van der Waals surface area contributed by atoms with Gasteiger partial charge in [0.25, 0.3) is 5.91 Å². The first kappa shape index (κ1) is 41.5. The number of sulfonamides is 1. The molecule has 1 unspecified atom stereocenters. The molecule has 4 atom stereocenters. The molecule has 1 saturated carbocycles. The largest absolute Gasteiger partial charge is 0.346 e. The zero-order valence-corrected chi connectivity index (χ0v) is 33.2. The summed E-state index contributed by atoms with van der Waals surface area (Å²) in [6.07, 6.45) is 7.49. The first-order chi connectivity index (χ1) is 24.5. The minimum Gasteiger partial charge on any atom is -0.346 e. The van der Waals surface area contributed by atoms with E-state index >= 15 is 0 Å². The third kappa shape index (κ3) is 9.43. The molecule has 2 fully saturated rings. The number of Topliss-reactive ketones (excluding diaryl/α,β-unsaturated/α-hetero) is 1. The van der Waals surface area contributed by atoms with Gasteiger partial charge < -0.3 is 26.2 Å². The number of fused-ring (bicyclic) bond motifs is 1. The molecule has 1 aromatic rings. The van der Waals surface area contributed by atoms with E-state index in [-0.39, 0.29) is 44.4 Å². The van der Waals surface area contributed by atoms with Gasteiger partial charge in [-0.1, -0.05) is 79.7 Å². The van der Waals surface area contributed by atoms with Crippen LogP contribution in [-0.4, -0.2) is 90.5 Å². The monoisotopic (exact) mass is 762 g/mol. The molecule has 0 spiro atoms. The van der Waals surface area contributed by atoms with Crippen LogP contribution >= 0.6 is 11.3 Å². The van der Waals surface area contributed by atoms with Crippen molar-refractivity contribution in [3.63, 3.8) is 0 Å². The summed E-state index contributed by atoms with van der Waals surface area (Å²) in [5.41, 5.74) is -1.58. The fraction of sp³-hybridized carbons (Fsp3) is 0.703. The molecule has 3 heterocycles. The number of likely N-dealkylation sites (tertiary alicyclic amines) is 1. The third-order valence-corrected chi connectivity index (χ3v) is 13.6. The van der Waals surface area contributed by atoms with Crippen LogP contribution in [-0.2, 0) is 35.7 Å². The van der Waals surface area contributed by atoms with Crippen LogP contribution in [0, 0.1) is 17.3 Å². The van der Waals surface area contributed by atoms with Crippen molar-refractivity contribution < 1.29 is 32.4 Å². The van der Waals surface area contributed by atoms with Gasteiger partial charge in [0.2, 0.25) is 27.6 Å². The van der Waals surface area contributed by atoms with Crippen LogP contribution in [0.15, 0.2) is 29.0 Å². The molecule has 2 aliphatic heterocycles. The van der Waals surface area contributed by atoms with Gasteiger partial charge in [-0.25, -0.2) is 13.2 Å². The Labute approximate surface area is 313 Å². The number of nitrogens with zero attached hydrogens (tertiary/aromatic N) is 2. The van der Waals surface area contributed by atoms with Crippen molar-refractivity contribution in [3.8, 4) is 0 Å². The van der Waals surface area contributed by atoms with E-state index in [1.807, 2.05) is 41.5 Å². The number of hydrogen-bond donors (Lipinski definition) is 4. The van der Waals surface area contributed by atoms with E-state index in [1.165, 1.54) is 26.6 Å². The second-order valence-electron chi connectivity index (χ2n) is 16.0. The Hall–Kier alpha value is -3.30. The zero-order valence-electron chi connectivity index (χ0n) is 31.6. The van der Waals surface area contributed by atoms with Crippen LogP contribution in [0.2, 0.25) is 0 Å². The number of carbonyl (C=O) groups is 5. The number of amides is 5. The fourth-order valence-corrected chi connectivity index (χ4v) is 10.7. The average molecular weight is 763 g/mol. The highest BCUT2D eigenvalue weighted by Gasteiger charge is 2.49. The van der Waals surface area contributed by atoms with E-state index in [0.717, 1.165) is 30.6 Å². The Kier molecular flexibility index (Phi) is 13.7. The fourth-order valence-electron chi connectivity index (χ4n) is 7.75. The highest BCUT2D eigenvalue weighted by molar-refractivity contribution is 7.89. The van der Waals surface area contributed by atoms with Crippen LogP contribution in [0.1, 0.15) is 104 Å². The summed E-state index contributed by atoms with van der Waals surface area (Å²) >= 11 is 1.41. The standard InChI is InChI=1S/C37H58N6O7S2/c1-8-10-14-26(30(44)33(46)38-19-9-2)39-32(45)29-25(24(3)4)15-20-43(29)34(47)31(36(5,6)7)40-35(48)41-37(17-12-11-13-18-37)23-42-22-27-28(16-21-51-27)52(42,49)50/h9,16,21,24-26,29,31H,2,8,10-15,17-20,22-23H2,1,3-7H3,(H,38,46)(H,39,45)(H2,40,41,48)/t25-,26?,29+,31-/m1/s1. The number of rotatable bonds is 15. The molecular formula is C37H58N6O7S2. The summed E-state index contributed by atoms with van der Waals surface area (Å²) in [4.78, 5) is 70.9. The second kappa shape index (κ2) is 17.2. The highest BCUT2D eigenvalue weighted by atomic mass is 32.2. The smallest absolute Gasteiger partial charge is 0.315 e. The topological polar surface area (TPSA) is 174 Å². The van der Waals surface area contributed by atoms with E-state index in [9.17, 15) is 32.4 Å². The number of hydrogen-bond acceptors (Lipinski definition) is 8. The first-order valence-electron chi connectivity index (χ1n) is 18.6. The first-order valence-corrected chi connectivity index (χ1v) is 21.0. The molecule has 290 valence electrons. The molecule has 15 heteroatoms. The third-order valence-electron chi connectivity index (χ3n) is 10.7. The predicted octanol–water partition coefficient (Wildman–Crippen LogP) is 4.09. The quantitative estimate of drug-likeness (QED) is 0.154. The van der Waals surface area contributed by atoms with Gasteiger partial charge in [-0.15, -0.1) is 17.9 Å². The van der Waals surface area contributed by atoms with Crippen LogP contribution in [0.3, 0.4) is 0 Å². The number of unbranched alkanes of at least 4 members (excludes halogenated alkanes) is 1. The van der Waals surface area contributed by atoms with Gasteiger partial charge in [0.05, 0.1) is 16.5 Å². The van der Waals surface area contributed by atoms with Gasteiger partial charge in [-0.2, -0.15) is 4.31 Å². The molecule has 1 saturated heterocycles. The molecule has 0 radical (unpaired) electrons. The van der Waals surface area contributed by atoms with Crippen LogP contribution in [0.25, 0.3) is 0 Å². The second-order valence-corrected chi connectivity index (χ2v) is 18.9. The molecule has 0 aromatic carbocycles. The molecular weight excluding hydrogens is 705 g/mol. The van der Waals surface area contributed by atoms with Crippen molar-refractivity contribution in [2.24, 2.45) is 17.3 Å². The minimum absolute atomic E-state index is 0.0244. The average Bonchev–Trinajstić information content (AvgIpc) is 3.80. The van der Waals surface area contributed by atoms with Crippen molar-refractivity contribution in [2.45, 2.75) is 134 Å². The highest BCUT2D eigenvalue weighted by Crippen LogP contribution is 2.38. The van der Waals surface area contributed by atoms with E-state index in [4.69, 9.17) is 0 Å². The lowest BCUT2D eigenvalue weighted by molar-refractivity contribution is -0.144.